The number of ether oxygens (including phenoxy) is 1. The molecule has 10 heavy (non-hydrogen) atoms. The quantitative estimate of drug-likeness (QED) is 0.307. The summed E-state index contributed by atoms with van der Waals surface area (Å²) in [6, 6.07) is 0. The summed E-state index contributed by atoms with van der Waals surface area (Å²) in [4.78, 5) is 10.5. The van der Waals surface area contributed by atoms with Crippen LogP contribution < -0.4 is 0 Å². The second-order valence-corrected chi connectivity index (χ2v) is 2.03. The maximum Gasteiger partial charge on any atom is 0.305 e. The molecule has 4 heteroatoms. The molecule has 0 aliphatic carbocycles. The maximum atomic E-state index is 10.5. The minimum Gasteiger partial charge on any atom is -0.466 e. The highest BCUT2D eigenvalue weighted by Crippen LogP contribution is 2.06. The van der Waals surface area contributed by atoms with Crippen molar-refractivity contribution in [3.05, 3.63) is 0 Å². The van der Waals surface area contributed by atoms with Crippen molar-refractivity contribution in [2.24, 2.45) is 0 Å². The van der Waals surface area contributed by atoms with E-state index in [-0.39, 0.29) is 5.97 Å². The second-order valence-electron chi connectivity index (χ2n) is 2.03. The van der Waals surface area contributed by atoms with Crippen molar-refractivity contribution in [2.45, 2.75) is 25.7 Å². The van der Waals surface area contributed by atoms with E-state index in [0.29, 0.717) is 13.0 Å². The van der Waals surface area contributed by atoms with Crippen LogP contribution in [0.1, 0.15) is 25.7 Å². The fourth-order valence-corrected chi connectivity index (χ4v) is 0.806. The monoisotopic (exact) mass is 148 g/mol. The Bertz CT molecular complexity index is 81.7. The Hall–Kier alpha value is -0.610. The van der Waals surface area contributed by atoms with Gasteiger partial charge in [0.15, 0.2) is 0 Å². The van der Waals surface area contributed by atoms with Crippen LogP contribution in [-0.2, 0) is 9.53 Å². The Labute approximate surface area is 59.4 Å². The second kappa shape index (κ2) is 6.51. The molecule has 0 aromatic heterocycles. The summed E-state index contributed by atoms with van der Waals surface area (Å²) in [7, 11) is 0. The van der Waals surface area contributed by atoms with Gasteiger partial charge in [-0.2, -0.15) is 0 Å². The fraction of sp³-hybridized carbons (Fsp3) is 0.833. The van der Waals surface area contributed by atoms with Gasteiger partial charge in [0.05, 0.1) is 6.61 Å². The zero-order chi connectivity index (χ0) is 7.82. The zero-order valence-corrected chi connectivity index (χ0v) is 5.75. The average Bonchev–Trinajstić information content (AvgIpc) is 2.21. The number of hydrogen-bond acceptors (Lipinski definition) is 4. The van der Waals surface area contributed by atoms with E-state index in [4.69, 9.17) is 15.3 Å². The van der Waals surface area contributed by atoms with Gasteiger partial charge in [-0.15, -0.1) is 0 Å². The molecule has 0 unspecified atom stereocenters. The summed E-state index contributed by atoms with van der Waals surface area (Å²) in [5, 5.41) is 12.0. The SMILES string of the molecule is O=C1CCCCCO1.OO. The lowest BCUT2D eigenvalue weighted by Gasteiger charge is -1.93. The first-order valence-corrected chi connectivity index (χ1v) is 3.25. The molecule has 0 bridgehead atoms. The van der Waals surface area contributed by atoms with Crippen LogP contribution in [0.4, 0.5) is 0 Å². The highest BCUT2D eigenvalue weighted by atomic mass is 17.0. The van der Waals surface area contributed by atoms with Crippen molar-refractivity contribution in [2.75, 3.05) is 6.61 Å². The van der Waals surface area contributed by atoms with E-state index in [1.54, 1.807) is 0 Å². The molecular weight excluding hydrogens is 136 g/mol. The van der Waals surface area contributed by atoms with Gasteiger partial charge in [-0.3, -0.25) is 15.3 Å². The first-order chi connectivity index (χ1) is 4.89. The van der Waals surface area contributed by atoms with Gasteiger partial charge < -0.3 is 4.74 Å². The molecule has 0 saturated carbocycles. The number of cyclic esters (lactones) is 1. The van der Waals surface area contributed by atoms with Gasteiger partial charge >= 0.3 is 5.97 Å². The first kappa shape index (κ1) is 9.39. The van der Waals surface area contributed by atoms with Crippen LogP contribution >= 0.6 is 0 Å². The summed E-state index contributed by atoms with van der Waals surface area (Å²) in [5.74, 6) is -0.0255. The van der Waals surface area contributed by atoms with Crippen LogP contribution in [-0.4, -0.2) is 23.1 Å². The standard InChI is InChI=1S/C6H10O2.H2O2/c7-6-4-2-1-3-5-8-6;1-2/h1-5H2;1-2H. The molecule has 1 rings (SSSR count). The summed E-state index contributed by atoms with van der Waals surface area (Å²) >= 11 is 0. The third-order valence-electron chi connectivity index (χ3n) is 1.29. The van der Waals surface area contributed by atoms with E-state index >= 15 is 0 Å². The Morgan fingerprint density at radius 2 is 1.90 bits per heavy atom. The molecule has 2 N–H and O–H groups in total. The highest BCUT2D eigenvalue weighted by molar-refractivity contribution is 5.69. The van der Waals surface area contributed by atoms with E-state index in [0.717, 1.165) is 19.3 Å². The Morgan fingerprint density at radius 3 is 2.60 bits per heavy atom. The van der Waals surface area contributed by atoms with E-state index in [2.05, 4.69) is 0 Å². The average molecular weight is 148 g/mol. The number of hydrogen-bond donors (Lipinski definition) is 2. The molecule has 0 spiro atoms. The normalized spacial score (nSPS) is 18.0. The molecule has 1 saturated heterocycles. The van der Waals surface area contributed by atoms with Crippen LogP contribution in [0.3, 0.4) is 0 Å². The Kier molecular flexibility index (Phi) is 6.11. The van der Waals surface area contributed by atoms with Crippen molar-refractivity contribution >= 4 is 5.97 Å². The molecule has 0 aromatic rings. The van der Waals surface area contributed by atoms with Gasteiger partial charge in [0.1, 0.15) is 0 Å². The molecule has 60 valence electrons. The van der Waals surface area contributed by atoms with E-state index in [1.165, 1.54) is 0 Å². The molecule has 1 aliphatic heterocycles. The summed E-state index contributed by atoms with van der Waals surface area (Å²) in [6.45, 7) is 0.638. The third kappa shape index (κ3) is 4.29. The molecule has 1 heterocycles. The zero-order valence-electron chi connectivity index (χ0n) is 5.75. The van der Waals surface area contributed by atoms with Gasteiger partial charge in [-0.25, -0.2) is 0 Å². The van der Waals surface area contributed by atoms with Gasteiger partial charge in [0.2, 0.25) is 0 Å². The third-order valence-corrected chi connectivity index (χ3v) is 1.29. The van der Waals surface area contributed by atoms with Crippen molar-refractivity contribution < 1.29 is 20.0 Å². The van der Waals surface area contributed by atoms with Gasteiger partial charge in [-0.1, -0.05) is 0 Å². The van der Waals surface area contributed by atoms with E-state index in [1.807, 2.05) is 0 Å². The number of carbonyl (C=O) groups excluding carboxylic acids is 1. The minimum absolute atomic E-state index is 0.0255. The summed E-state index contributed by atoms with van der Waals surface area (Å²) in [6.07, 6.45) is 3.83. The topological polar surface area (TPSA) is 66.8 Å². The summed E-state index contributed by atoms with van der Waals surface area (Å²) in [5.41, 5.74) is 0. The molecule has 0 atom stereocenters. The van der Waals surface area contributed by atoms with Crippen molar-refractivity contribution in [1.29, 1.82) is 0 Å². The number of carbonyl (C=O) groups is 1. The molecule has 1 fully saturated rings. The first-order valence-electron chi connectivity index (χ1n) is 3.25. The van der Waals surface area contributed by atoms with Crippen molar-refractivity contribution in [3.8, 4) is 0 Å². The van der Waals surface area contributed by atoms with Gasteiger partial charge in [0, 0.05) is 6.42 Å². The lowest BCUT2D eigenvalue weighted by molar-refractivity contribution is -0.176. The lowest BCUT2D eigenvalue weighted by Crippen LogP contribution is -2.00. The van der Waals surface area contributed by atoms with Crippen LogP contribution in [0.25, 0.3) is 0 Å². The van der Waals surface area contributed by atoms with E-state index in [9.17, 15) is 4.79 Å². The van der Waals surface area contributed by atoms with Crippen LogP contribution in [0.15, 0.2) is 0 Å². The predicted molar refractivity (Wildman–Crippen MR) is 34.7 cm³/mol. The van der Waals surface area contributed by atoms with Crippen molar-refractivity contribution in [1.82, 2.24) is 0 Å². The molecule has 0 amide bonds. The van der Waals surface area contributed by atoms with E-state index < -0.39 is 0 Å². The number of rotatable bonds is 0. The largest absolute Gasteiger partial charge is 0.466 e. The molecule has 0 radical (unpaired) electrons. The Morgan fingerprint density at radius 1 is 1.20 bits per heavy atom. The molecule has 0 aromatic carbocycles. The maximum absolute atomic E-state index is 10.5. The number of esters is 1. The molecule has 4 nitrogen and oxygen atoms in total. The van der Waals surface area contributed by atoms with Crippen molar-refractivity contribution in [3.63, 3.8) is 0 Å². The predicted octanol–water partition coefficient (Wildman–Crippen LogP) is 1.12. The minimum atomic E-state index is -0.0255. The smallest absolute Gasteiger partial charge is 0.305 e. The van der Waals surface area contributed by atoms with Gasteiger partial charge in [-0.05, 0) is 19.3 Å². The lowest BCUT2D eigenvalue weighted by atomic mass is 10.2. The van der Waals surface area contributed by atoms with Gasteiger partial charge in [0.25, 0.3) is 0 Å². The fourth-order valence-electron chi connectivity index (χ4n) is 0.806. The van der Waals surface area contributed by atoms with Crippen LogP contribution in [0.5, 0.6) is 0 Å². The Balaban J connectivity index is 0.000000371. The molecule has 1 aliphatic rings. The highest BCUT2D eigenvalue weighted by Gasteiger charge is 2.05. The van der Waals surface area contributed by atoms with Crippen LogP contribution in [0.2, 0.25) is 0 Å². The molecular formula is C6H12O4. The summed E-state index contributed by atoms with van der Waals surface area (Å²) < 4.78 is 4.76. The van der Waals surface area contributed by atoms with Crippen LogP contribution in [0, 0.1) is 0 Å².